The Kier molecular flexibility index (Phi) is 3.67. The van der Waals surface area contributed by atoms with Crippen LogP contribution in [-0.4, -0.2) is 5.33 Å². The second-order valence-electron chi connectivity index (χ2n) is 4.01. The average molecular weight is 318 g/mol. The zero-order valence-electron chi connectivity index (χ0n) is 8.05. The second kappa shape index (κ2) is 4.80. The molecule has 1 aromatic carbocycles. The summed E-state index contributed by atoms with van der Waals surface area (Å²) in [6.45, 7) is 0. The molecule has 0 aliphatic heterocycles. The Labute approximate surface area is 102 Å². The third kappa shape index (κ3) is 2.22. The number of rotatable bonds is 3. The van der Waals surface area contributed by atoms with Gasteiger partial charge in [0.05, 0.1) is 0 Å². The minimum atomic E-state index is 0.709. The van der Waals surface area contributed by atoms with E-state index >= 15 is 0 Å². The fraction of sp³-hybridized carbons (Fsp3) is 0.500. The van der Waals surface area contributed by atoms with Gasteiger partial charge in [-0.15, -0.1) is 0 Å². The molecule has 76 valence electrons. The number of alkyl halides is 1. The molecule has 2 rings (SSSR count). The van der Waals surface area contributed by atoms with Gasteiger partial charge in [-0.2, -0.15) is 0 Å². The summed E-state index contributed by atoms with van der Waals surface area (Å²) >= 11 is 7.17. The minimum Gasteiger partial charge on any atom is -0.0921 e. The van der Waals surface area contributed by atoms with Crippen LogP contribution in [0.15, 0.2) is 28.7 Å². The molecule has 1 saturated carbocycles. The Hall–Kier alpha value is 0.180. The molecule has 0 bridgehead atoms. The van der Waals surface area contributed by atoms with Gasteiger partial charge in [0.2, 0.25) is 0 Å². The lowest BCUT2D eigenvalue weighted by Crippen LogP contribution is -2.21. The first-order chi connectivity index (χ1) is 6.81. The lowest BCUT2D eigenvalue weighted by molar-refractivity contribution is 0.275. The van der Waals surface area contributed by atoms with Crippen LogP contribution in [-0.2, 0) is 0 Å². The van der Waals surface area contributed by atoms with Gasteiger partial charge >= 0.3 is 0 Å². The summed E-state index contributed by atoms with van der Waals surface area (Å²) in [6, 6.07) is 8.72. The maximum atomic E-state index is 3.64. The fourth-order valence-electron chi connectivity index (χ4n) is 2.07. The third-order valence-corrected chi connectivity index (χ3v) is 4.35. The van der Waals surface area contributed by atoms with Crippen molar-refractivity contribution in [2.45, 2.75) is 25.2 Å². The highest BCUT2D eigenvalue weighted by atomic mass is 79.9. The highest BCUT2D eigenvalue weighted by molar-refractivity contribution is 9.10. The van der Waals surface area contributed by atoms with Gasteiger partial charge in [0, 0.05) is 9.80 Å². The lowest BCUT2D eigenvalue weighted by Gasteiger charge is -2.33. The molecule has 0 amide bonds. The van der Waals surface area contributed by atoms with Crippen molar-refractivity contribution in [1.82, 2.24) is 0 Å². The monoisotopic (exact) mass is 316 g/mol. The van der Waals surface area contributed by atoms with Gasteiger partial charge in [-0.3, -0.25) is 0 Å². The van der Waals surface area contributed by atoms with Gasteiger partial charge < -0.3 is 0 Å². The quantitative estimate of drug-likeness (QED) is 0.707. The third-order valence-electron chi connectivity index (χ3n) is 3.16. The lowest BCUT2D eigenvalue weighted by atomic mass is 9.74. The Morgan fingerprint density at radius 1 is 1.36 bits per heavy atom. The van der Waals surface area contributed by atoms with E-state index in [1.807, 2.05) is 0 Å². The summed E-state index contributed by atoms with van der Waals surface area (Å²) < 4.78 is 1.19. The van der Waals surface area contributed by atoms with Crippen molar-refractivity contribution in [1.29, 1.82) is 0 Å². The van der Waals surface area contributed by atoms with Gasteiger partial charge in [0.25, 0.3) is 0 Å². The molecule has 2 heteroatoms. The summed E-state index contributed by atoms with van der Waals surface area (Å²) in [7, 11) is 0. The molecular formula is C12H14Br2. The highest BCUT2D eigenvalue weighted by Crippen LogP contribution is 2.40. The van der Waals surface area contributed by atoms with E-state index in [9.17, 15) is 0 Å². The van der Waals surface area contributed by atoms with Gasteiger partial charge in [-0.1, -0.05) is 50.4 Å². The molecule has 0 nitrogen and oxygen atoms in total. The van der Waals surface area contributed by atoms with Gasteiger partial charge in [-0.05, 0) is 42.4 Å². The molecule has 1 atom stereocenters. The number of benzene rings is 1. The zero-order chi connectivity index (χ0) is 9.97. The van der Waals surface area contributed by atoms with Crippen LogP contribution in [0, 0.1) is 5.92 Å². The Morgan fingerprint density at radius 2 is 2.14 bits per heavy atom. The molecule has 0 saturated heterocycles. The van der Waals surface area contributed by atoms with E-state index in [0.717, 1.165) is 11.2 Å². The summed E-state index contributed by atoms with van der Waals surface area (Å²) in [4.78, 5) is 0. The summed E-state index contributed by atoms with van der Waals surface area (Å²) in [5, 5.41) is 1.09. The molecular weight excluding hydrogens is 304 g/mol. The van der Waals surface area contributed by atoms with Crippen molar-refractivity contribution in [3.63, 3.8) is 0 Å². The zero-order valence-corrected chi connectivity index (χ0v) is 11.2. The molecule has 0 N–H and O–H groups in total. The van der Waals surface area contributed by atoms with Crippen LogP contribution in [0.4, 0.5) is 0 Å². The number of hydrogen-bond acceptors (Lipinski definition) is 0. The average Bonchev–Trinajstić information content (AvgIpc) is 2.10. The van der Waals surface area contributed by atoms with E-state index in [4.69, 9.17) is 0 Å². The van der Waals surface area contributed by atoms with E-state index < -0.39 is 0 Å². The maximum absolute atomic E-state index is 3.64. The molecule has 0 aromatic heterocycles. The number of hydrogen-bond donors (Lipinski definition) is 0. The minimum absolute atomic E-state index is 0.709. The molecule has 0 radical (unpaired) electrons. The van der Waals surface area contributed by atoms with E-state index in [1.165, 1.54) is 29.3 Å². The molecule has 1 aliphatic carbocycles. The van der Waals surface area contributed by atoms with Crippen molar-refractivity contribution in [2.24, 2.45) is 5.92 Å². The smallest absolute Gasteiger partial charge is 0.0178 e. The van der Waals surface area contributed by atoms with Crippen molar-refractivity contribution in [2.75, 3.05) is 5.33 Å². The van der Waals surface area contributed by atoms with E-state index in [-0.39, 0.29) is 0 Å². The molecule has 1 aliphatic rings. The SMILES string of the molecule is BrCC(c1cccc(Br)c1)C1CCC1. The van der Waals surface area contributed by atoms with Crippen molar-refractivity contribution < 1.29 is 0 Å². The fourth-order valence-corrected chi connectivity index (χ4v) is 3.39. The van der Waals surface area contributed by atoms with Crippen molar-refractivity contribution in [3.8, 4) is 0 Å². The van der Waals surface area contributed by atoms with Crippen LogP contribution < -0.4 is 0 Å². The van der Waals surface area contributed by atoms with E-state index in [1.54, 1.807) is 0 Å². The van der Waals surface area contributed by atoms with Crippen molar-refractivity contribution >= 4 is 31.9 Å². The summed E-state index contributed by atoms with van der Waals surface area (Å²) in [6.07, 6.45) is 4.23. The topological polar surface area (TPSA) is 0 Å². The molecule has 1 unspecified atom stereocenters. The van der Waals surface area contributed by atoms with Crippen LogP contribution in [0.25, 0.3) is 0 Å². The first-order valence-electron chi connectivity index (χ1n) is 5.12. The summed E-state index contributed by atoms with van der Waals surface area (Å²) in [5.41, 5.74) is 1.47. The van der Waals surface area contributed by atoms with E-state index in [2.05, 4.69) is 56.1 Å². The van der Waals surface area contributed by atoms with Crippen LogP contribution in [0.5, 0.6) is 0 Å². The highest BCUT2D eigenvalue weighted by Gasteiger charge is 2.27. The van der Waals surface area contributed by atoms with Crippen LogP contribution >= 0.6 is 31.9 Å². The van der Waals surface area contributed by atoms with Crippen LogP contribution in [0.2, 0.25) is 0 Å². The molecule has 0 spiro atoms. The molecule has 1 fully saturated rings. The predicted octanol–water partition coefficient (Wildman–Crippen LogP) is 4.73. The van der Waals surface area contributed by atoms with Crippen molar-refractivity contribution in [3.05, 3.63) is 34.3 Å². The summed E-state index contributed by atoms with van der Waals surface area (Å²) in [5.74, 6) is 1.62. The Bertz CT molecular complexity index is 305. The standard InChI is InChI=1S/C12H14Br2/c13-8-12(9-3-1-4-9)10-5-2-6-11(14)7-10/h2,5-7,9,12H,1,3-4,8H2. The number of halogens is 2. The molecule has 14 heavy (non-hydrogen) atoms. The van der Waals surface area contributed by atoms with Crippen LogP contribution in [0.1, 0.15) is 30.7 Å². The first kappa shape index (κ1) is 10.7. The first-order valence-corrected chi connectivity index (χ1v) is 7.04. The predicted molar refractivity (Wildman–Crippen MR) is 68.0 cm³/mol. The van der Waals surface area contributed by atoms with Gasteiger partial charge in [0.1, 0.15) is 0 Å². The second-order valence-corrected chi connectivity index (χ2v) is 5.57. The van der Waals surface area contributed by atoms with Gasteiger partial charge in [0.15, 0.2) is 0 Å². The molecule has 1 aromatic rings. The van der Waals surface area contributed by atoms with Crippen LogP contribution in [0.3, 0.4) is 0 Å². The maximum Gasteiger partial charge on any atom is 0.0178 e. The largest absolute Gasteiger partial charge is 0.0921 e. The Balaban J connectivity index is 2.17. The van der Waals surface area contributed by atoms with Gasteiger partial charge in [-0.25, -0.2) is 0 Å². The molecule has 0 heterocycles. The normalized spacial score (nSPS) is 19.0. The Morgan fingerprint density at radius 3 is 2.64 bits per heavy atom. The van der Waals surface area contributed by atoms with E-state index in [0.29, 0.717) is 5.92 Å².